The third-order valence-corrected chi connectivity index (χ3v) is 14.9. The summed E-state index contributed by atoms with van der Waals surface area (Å²) in [5.74, 6) is 0.272. The number of hydrogen-bond acceptors (Lipinski definition) is 10. The Balaban J connectivity index is 1.02. The molecule has 54 heavy (non-hydrogen) atoms. The van der Waals surface area contributed by atoms with Gasteiger partial charge in [0.15, 0.2) is 12.9 Å². The molecule has 7 atom stereocenters. The van der Waals surface area contributed by atoms with Crippen molar-refractivity contribution in [3.05, 3.63) is 11.6 Å². The van der Waals surface area contributed by atoms with E-state index in [9.17, 15) is 31.6 Å². The lowest BCUT2D eigenvalue weighted by atomic mass is 9.58. The highest BCUT2D eigenvalue weighted by molar-refractivity contribution is 7.86. The molecule has 0 aromatic rings. The molecule has 1 aliphatic heterocycles. The van der Waals surface area contributed by atoms with Gasteiger partial charge in [0.25, 0.3) is 0 Å². The van der Waals surface area contributed by atoms with Crippen LogP contribution in [0.15, 0.2) is 11.6 Å². The maximum atomic E-state index is 14.0. The van der Waals surface area contributed by atoms with E-state index in [1.54, 1.807) is 0 Å². The minimum Gasteiger partial charge on any atom is -0.465 e. The fraction of sp³-hybridized carbons (Fsp3) is 0.875. The van der Waals surface area contributed by atoms with Gasteiger partial charge in [0.2, 0.25) is 0 Å². The zero-order chi connectivity index (χ0) is 38.5. The Bertz CT molecular complexity index is 1560. The summed E-state index contributed by atoms with van der Waals surface area (Å²) in [6.45, 7) is 2.75. The molecule has 0 aromatic carbocycles. The number of allylic oxidation sites excluding steroid dienone is 2. The fourth-order valence-electron chi connectivity index (χ4n) is 11.8. The minimum absolute atomic E-state index is 0.0336. The summed E-state index contributed by atoms with van der Waals surface area (Å²) in [7, 11) is -5.75. The summed E-state index contributed by atoms with van der Waals surface area (Å²) in [6.07, 6.45) is 14.0. The van der Waals surface area contributed by atoms with Crippen molar-refractivity contribution in [1.29, 1.82) is 0 Å². The quantitative estimate of drug-likeness (QED) is 0.0995. The van der Waals surface area contributed by atoms with Crippen LogP contribution in [0.1, 0.15) is 117 Å². The molecule has 1 N–H and O–H groups in total. The van der Waals surface area contributed by atoms with Gasteiger partial charge in [0.05, 0.1) is 35.4 Å². The van der Waals surface area contributed by atoms with E-state index in [4.69, 9.17) is 28.2 Å². The average Bonchev–Trinajstić information content (AvgIpc) is 3.10. The van der Waals surface area contributed by atoms with Gasteiger partial charge in [0, 0.05) is 5.92 Å². The first-order chi connectivity index (χ1) is 25.5. The summed E-state index contributed by atoms with van der Waals surface area (Å²) in [6, 6.07) is 0. The molecule has 5 saturated carbocycles. The Morgan fingerprint density at radius 1 is 0.852 bits per heavy atom. The summed E-state index contributed by atoms with van der Waals surface area (Å²) in [4.78, 5) is 40.9. The summed E-state index contributed by atoms with van der Waals surface area (Å²) in [5.41, 5.74) is -1.32. The predicted octanol–water partition coefficient (Wildman–Crippen LogP) is 7.03. The van der Waals surface area contributed by atoms with Gasteiger partial charge in [-0.25, -0.2) is 0 Å². The van der Waals surface area contributed by atoms with Crippen molar-refractivity contribution in [3.8, 4) is 0 Å². The van der Waals surface area contributed by atoms with Crippen molar-refractivity contribution in [2.75, 3.05) is 33.0 Å². The highest BCUT2D eigenvalue weighted by atomic mass is 32.2. The number of ether oxygens (including phenoxy) is 5. The highest BCUT2D eigenvalue weighted by Crippen LogP contribution is 2.54. The van der Waals surface area contributed by atoms with E-state index in [-0.39, 0.29) is 68.5 Å². The topological polar surface area (TPSA) is 152 Å². The van der Waals surface area contributed by atoms with Crippen molar-refractivity contribution in [3.63, 3.8) is 0 Å². The van der Waals surface area contributed by atoms with Crippen LogP contribution in [0.3, 0.4) is 0 Å². The molecule has 6 aliphatic carbocycles. The molecule has 0 aromatic heterocycles. The Hall–Kier alpha value is -2.16. The van der Waals surface area contributed by atoms with E-state index in [2.05, 4.69) is 19.9 Å². The second kappa shape index (κ2) is 15.3. The first-order valence-electron chi connectivity index (χ1n) is 20.3. The van der Waals surface area contributed by atoms with Gasteiger partial charge < -0.3 is 23.7 Å². The molecule has 14 heteroatoms. The molecule has 1 saturated heterocycles. The normalized spacial score (nSPS) is 40.9. The van der Waals surface area contributed by atoms with E-state index in [1.807, 2.05) is 0 Å². The second-order valence-electron chi connectivity index (χ2n) is 18.8. The van der Waals surface area contributed by atoms with Crippen LogP contribution < -0.4 is 0 Å². The van der Waals surface area contributed by atoms with E-state index >= 15 is 0 Å². The molecule has 7 unspecified atom stereocenters. The third-order valence-electron chi connectivity index (χ3n) is 14.0. The van der Waals surface area contributed by atoms with Crippen LogP contribution in [0.5, 0.6) is 0 Å². The maximum Gasteiger partial charge on any atom is 0.402 e. The van der Waals surface area contributed by atoms with Crippen LogP contribution in [-0.4, -0.2) is 75.5 Å². The van der Waals surface area contributed by atoms with Crippen molar-refractivity contribution in [1.82, 2.24) is 0 Å². The summed E-state index contributed by atoms with van der Waals surface area (Å²) >= 11 is 0. The van der Waals surface area contributed by atoms with Crippen molar-refractivity contribution >= 4 is 28.0 Å². The summed E-state index contributed by atoms with van der Waals surface area (Å²) < 4.78 is 89.1. The van der Waals surface area contributed by atoms with Crippen LogP contribution in [0.4, 0.5) is 8.78 Å². The highest BCUT2D eigenvalue weighted by Gasteiger charge is 2.55. The van der Waals surface area contributed by atoms with Crippen molar-refractivity contribution < 1.29 is 59.8 Å². The van der Waals surface area contributed by atoms with Crippen LogP contribution in [0.2, 0.25) is 0 Å². The Morgan fingerprint density at radius 2 is 1.52 bits per heavy atom. The molecule has 6 fully saturated rings. The number of rotatable bonds is 11. The zero-order valence-corrected chi connectivity index (χ0v) is 32.6. The SMILES string of the molecule is CC1C=C2CCCC(C(=O)OCC3(COC(=O)C4CC5CC(C)CC(C5)C4)COC(C4CC5CCCC(C(=O)OCC(F)(F)S(=O)(=O)O)(C5)C4)OC3)(C2)C1. The molecule has 0 spiro atoms. The molecule has 7 aliphatic rings. The van der Waals surface area contributed by atoms with E-state index in [0.717, 1.165) is 57.8 Å². The van der Waals surface area contributed by atoms with Gasteiger partial charge >= 0.3 is 33.3 Å². The van der Waals surface area contributed by atoms with Gasteiger partial charge in [-0.15, -0.1) is 0 Å². The lowest BCUT2D eigenvalue weighted by molar-refractivity contribution is -0.274. The molecule has 6 bridgehead atoms. The fourth-order valence-corrected chi connectivity index (χ4v) is 12.0. The van der Waals surface area contributed by atoms with Gasteiger partial charge in [-0.1, -0.05) is 38.3 Å². The zero-order valence-electron chi connectivity index (χ0n) is 31.7. The second-order valence-corrected chi connectivity index (χ2v) is 20.4. The largest absolute Gasteiger partial charge is 0.465 e. The first-order valence-corrected chi connectivity index (χ1v) is 21.7. The van der Waals surface area contributed by atoms with Gasteiger partial charge in [-0.3, -0.25) is 18.9 Å². The van der Waals surface area contributed by atoms with Crippen LogP contribution >= 0.6 is 0 Å². The lowest BCUT2D eigenvalue weighted by Gasteiger charge is -2.50. The van der Waals surface area contributed by atoms with Crippen molar-refractivity contribution in [2.45, 2.75) is 128 Å². The number of hydrogen-bond donors (Lipinski definition) is 1. The maximum absolute atomic E-state index is 14.0. The van der Waals surface area contributed by atoms with Crippen LogP contribution in [-0.2, 0) is 48.2 Å². The van der Waals surface area contributed by atoms with Gasteiger partial charge in [0.1, 0.15) is 13.2 Å². The number of carbonyl (C=O) groups is 3. The monoisotopic (exact) mass is 784 g/mol. The summed E-state index contributed by atoms with van der Waals surface area (Å²) in [5, 5.41) is -4.62. The van der Waals surface area contributed by atoms with Gasteiger partial charge in [-0.2, -0.15) is 17.2 Å². The Kier molecular flexibility index (Phi) is 11.4. The molecule has 0 radical (unpaired) electrons. The Labute approximate surface area is 317 Å². The first kappa shape index (κ1) is 40.1. The molecule has 304 valence electrons. The molecular weight excluding hydrogens is 726 g/mol. The standard InChI is InChI=1S/C40H58F2O11S/c1-25-9-29-12-30(10-25)15-31(14-29)33(43)49-20-37(23-52-35(44)38-7-3-5-27(17-38)11-26(2)16-38)21-50-34(51-22-37)32-13-28-6-4-8-39(18-28,19-32)36(45)53-24-40(41,42)54(46,47)48/h11,25-26,28-32,34H,3-10,12-24H2,1-2H3,(H,46,47,48). The molecule has 0 amide bonds. The lowest BCUT2D eigenvalue weighted by Crippen LogP contribution is -2.53. The molecule has 7 rings (SSSR count). The van der Waals surface area contributed by atoms with Crippen LogP contribution in [0, 0.1) is 57.7 Å². The number of esters is 3. The number of fused-ring (bicyclic) bond motifs is 6. The van der Waals surface area contributed by atoms with E-state index in [1.165, 1.54) is 12.0 Å². The third kappa shape index (κ3) is 8.42. The number of halogens is 2. The molecule has 11 nitrogen and oxygen atoms in total. The number of carbonyl (C=O) groups excluding carboxylic acids is 3. The molecular formula is C40H58F2O11S. The molecule has 1 heterocycles. The Morgan fingerprint density at radius 3 is 2.22 bits per heavy atom. The predicted molar refractivity (Wildman–Crippen MR) is 190 cm³/mol. The average molecular weight is 785 g/mol. The van der Waals surface area contributed by atoms with E-state index < -0.39 is 50.5 Å². The van der Waals surface area contributed by atoms with Crippen molar-refractivity contribution in [2.24, 2.45) is 57.7 Å². The smallest absolute Gasteiger partial charge is 0.402 e. The minimum atomic E-state index is -5.75. The van der Waals surface area contributed by atoms with Crippen LogP contribution in [0.25, 0.3) is 0 Å². The number of alkyl halides is 2. The van der Waals surface area contributed by atoms with Gasteiger partial charge in [-0.05, 0) is 119 Å². The van der Waals surface area contributed by atoms with E-state index in [0.29, 0.717) is 49.9 Å².